The molecule has 3 aliphatic rings. The second kappa shape index (κ2) is 5.66. The Hall–Kier alpha value is -1.59. The zero-order chi connectivity index (χ0) is 14.9. The van der Waals surface area contributed by atoms with E-state index in [0.29, 0.717) is 12.3 Å². The fraction of sp³-hybridized carbons (Fsp3) is 0.800. The van der Waals surface area contributed by atoms with Crippen molar-refractivity contribution in [2.24, 2.45) is 5.92 Å². The zero-order valence-electron chi connectivity index (χ0n) is 12.2. The summed E-state index contributed by atoms with van der Waals surface area (Å²) in [6, 6.07) is -1.17. The maximum Gasteiger partial charge on any atom is 0.322 e. The van der Waals surface area contributed by atoms with Gasteiger partial charge in [-0.25, -0.2) is 4.79 Å². The molecule has 2 saturated carbocycles. The van der Waals surface area contributed by atoms with Gasteiger partial charge in [-0.05, 0) is 38.0 Å². The van der Waals surface area contributed by atoms with Crippen LogP contribution in [0.25, 0.3) is 0 Å². The van der Waals surface area contributed by atoms with Crippen LogP contribution in [0.2, 0.25) is 0 Å². The highest BCUT2D eigenvalue weighted by Crippen LogP contribution is 2.48. The number of rotatable bonds is 3. The Morgan fingerprint density at radius 3 is 2.48 bits per heavy atom. The van der Waals surface area contributed by atoms with E-state index < -0.39 is 12.1 Å². The summed E-state index contributed by atoms with van der Waals surface area (Å²) < 4.78 is 0. The molecule has 1 saturated heterocycles. The maximum atomic E-state index is 12.4. The number of urea groups is 1. The van der Waals surface area contributed by atoms with Gasteiger partial charge >= 0.3 is 6.03 Å². The molecule has 0 aromatic heterocycles. The van der Waals surface area contributed by atoms with E-state index in [2.05, 4.69) is 16.0 Å². The Balaban J connectivity index is 1.60. The lowest BCUT2D eigenvalue weighted by Crippen LogP contribution is -2.53. The summed E-state index contributed by atoms with van der Waals surface area (Å²) in [5.74, 6) is 0.121. The predicted molar refractivity (Wildman–Crippen MR) is 76.4 cm³/mol. The Labute approximate surface area is 124 Å². The first-order valence-electron chi connectivity index (χ1n) is 8.01. The minimum Gasteiger partial charge on any atom is -0.349 e. The number of hydrogen-bond donors (Lipinski definition) is 3. The Morgan fingerprint density at radius 1 is 1.10 bits per heavy atom. The lowest BCUT2D eigenvalue weighted by Gasteiger charge is -2.32. The molecule has 21 heavy (non-hydrogen) atoms. The van der Waals surface area contributed by atoms with Crippen LogP contribution < -0.4 is 16.0 Å². The van der Waals surface area contributed by atoms with Crippen LogP contribution in [0.1, 0.15) is 57.8 Å². The average Bonchev–Trinajstić information content (AvgIpc) is 3.26. The van der Waals surface area contributed by atoms with Crippen LogP contribution in [0.15, 0.2) is 0 Å². The summed E-state index contributed by atoms with van der Waals surface area (Å²) in [4.78, 5) is 35.2. The molecule has 0 bridgehead atoms. The standard InChI is InChI=1S/C15H23N3O3/c19-12-7-6-11(16-14(21)17-12)13(20)18-15(8-9-15)10-4-2-1-3-5-10/h10-11H,1-9H2,(H,18,20)(H2,16,17,19,21)/t11-/m1/s1. The van der Waals surface area contributed by atoms with E-state index in [9.17, 15) is 14.4 Å². The van der Waals surface area contributed by atoms with Gasteiger partial charge < -0.3 is 10.6 Å². The van der Waals surface area contributed by atoms with E-state index in [1.807, 2.05) is 0 Å². The summed E-state index contributed by atoms with van der Waals surface area (Å²) in [6.45, 7) is 0. The minimum absolute atomic E-state index is 0.0357. The number of nitrogens with one attached hydrogen (secondary N) is 3. The van der Waals surface area contributed by atoms with Crippen LogP contribution in [0.3, 0.4) is 0 Å². The van der Waals surface area contributed by atoms with Gasteiger partial charge in [-0.1, -0.05) is 19.3 Å². The van der Waals surface area contributed by atoms with Gasteiger partial charge in [0.2, 0.25) is 11.8 Å². The highest BCUT2D eigenvalue weighted by atomic mass is 16.2. The maximum absolute atomic E-state index is 12.4. The van der Waals surface area contributed by atoms with E-state index in [4.69, 9.17) is 0 Å². The third-order valence-electron chi connectivity index (χ3n) is 5.08. The molecule has 3 fully saturated rings. The molecule has 3 rings (SSSR count). The normalized spacial score (nSPS) is 29.0. The molecule has 1 aliphatic heterocycles. The molecule has 1 atom stereocenters. The number of carbonyl (C=O) groups excluding carboxylic acids is 3. The third kappa shape index (κ3) is 3.19. The van der Waals surface area contributed by atoms with Crippen molar-refractivity contribution in [2.45, 2.75) is 69.4 Å². The van der Waals surface area contributed by atoms with E-state index in [1.54, 1.807) is 0 Å². The molecule has 0 unspecified atom stereocenters. The number of hydrogen-bond acceptors (Lipinski definition) is 3. The lowest BCUT2D eigenvalue weighted by atomic mass is 9.82. The molecule has 3 N–H and O–H groups in total. The van der Waals surface area contributed by atoms with Gasteiger partial charge in [-0.3, -0.25) is 14.9 Å². The quantitative estimate of drug-likeness (QED) is 0.730. The molecule has 116 valence electrons. The van der Waals surface area contributed by atoms with E-state index in [1.165, 1.54) is 32.1 Å². The van der Waals surface area contributed by atoms with Crippen molar-refractivity contribution in [1.82, 2.24) is 16.0 Å². The second-order valence-corrected chi connectivity index (χ2v) is 6.59. The summed E-state index contributed by atoms with van der Waals surface area (Å²) in [5.41, 5.74) is -0.0357. The number of imide groups is 1. The fourth-order valence-electron chi connectivity index (χ4n) is 3.69. The predicted octanol–water partition coefficient (Wildman–Crippen LogP) is 1.20. The molecule has 0 radical (unpaired) electrons. The van der Waals surface area contributed by atoms with Crippen molar-refractivity contribution >= 4 is 17.8 Å². The van der Waals surface area contributed by atoms with Crippen molar-refractivity contribution in [3.05, 3.63) is 0 Å². The van der Waals surface area contributed by atoms with Crippen LogP contribution in [0.4, 0.5) is 4.79 Å². The Morgan fingerprint density at radius 2 is 1.81 bits per heavy atom. The van der Waals surface area contributed by atoms with Gasteiger partial charge in [0.25, 0.3) is 0 Å². The first kappa shape index (κ1) is 14.4. The second-order valence-electron chi connectivity index (χ2n) is 6.59. The molecule has 2 aliphatic carbocycles. The summed E-state index contributed by atoms with van der Waals surface area (Å²) in [5, 5.41) is 7.96. The topological polar surface area (TPSA) is 87.3 Å². The van der Waals surface area contributed by atoms with E-state index >= 15 is 0 Å². The molecule has 6 nitrogen and oxygen atoms in total. The van der Waals surface area contributed by atoms with Gasteiger partial charge in [-0.2, -0.15) is 0 Å². The molecule has 0 spiro atoms. The van der Waals surface area contributed by atoms with Gasteiger partial charge in [0.1, 0.15) is 6.04 Å². The fourth-order valence-corrected chi connectivity index (χ4v) is 3.69. The monoisotopic (exact) mass is 293 g/mol. The van der Waals surface area contributed by atoms with Crippen LogP contribution >= 0.6 is 0 Å². The van der Waals surface area contributed by atoms with Crippen LogP contribution in [0.5, 0.6) is 0 Å². The van der Waals surface area contributed by atoms with Crippen LogP contribution in [0, 0.1) is 5.92 Å². The highest BCUT2D eigenvalue weighted by molar-refractivity contribution is 5.98. The molecule has 4 amide bonds. The average molecular weight is 293 g/mol. The smallest absolute Gasteiger partial charge is 0.322 e. The van der Waals surface area contributed by atoms with Gasteiger partial charge in [0, 0.05) is 12.0 Å². The Bertz CT molecular complexity index is 453. The summed E-state index contributed by atoms with van der Waals surface area (Å²) in [7, 11) is 0. The molecule has 0 aromatic rings. The SMILES string of the molecule is O=C1CC[C@H](C(=O)NC2(C3CCCCC3)CC2)NC(=O)N1. The Kier molecular flexibility index (Phi) is 3.87. The van der Waals surface area contributed by atoms with Crippen LogP contribution in [-0.4, -0.2) is 29.4 Å². The summed E-state index contributed by atoms with van der Waals surface area (Å²) in [6.07, 6.45) is 8.84. The number of amides is 4. The molecular formula is C15H23N3O3. The van der Waals surface area contributed by atoms with E-state index in [-0.39, 0.29) is 23.8 Å². The molecule has 1 heterocycles. The summed E-state index contributed by atoms with van der Waals surface area (Å²) >= 11 is 0. The van der Waals surface area contributed by atoms with Crippen molar-refractivity contribution in [2.75, 3.05) is 0 Å². The van der Waals surface area contributed by atoms with Crippen molar-refractivity contribution in [3.63, 3.8) is 0 Å². The third-order valence-corrected chi connectivity index (χ3v) is 5.08. The van der Waals surface area contributed by atoms with Gasteiger partial charge in [-0.15, -0.1) is 0 Å². The largest absolute Gasteiger partial charge is 0.349 e. The van der Waals surface area contributed by atoms with Gasteiger partial charge in [0.15, 0.2) is 0 Å². The highest BCUT2D eigenvalue weighted by Gasteiger charge is 2.50. The van der Waals surface area contributed by atoms with Crippen molar-refractivity contribution in [3.8, 4) is 0 Å². The van der Waals surface area contributed by atoms with Crippen LogP contribution in [-0.2, 0) is 9.59 Å². The van der Waals surface area contributed by atoms with E-state index in [0.717, 1.165) is 12.8 Å². The first-order chi connectivity index (χ1) is 10.1. The molecule has 6 heteroatoms. The lowest BCUT2D eigenvalue weighted by molar-refractivity contribution is -0.124. The first-order valence-corrected chi connectivity index (χ1v) is 8.01. The van der Waals surface area contributed by atoms with Crippen molar-refractivity contribution < 1.29 is 14.4 Å². The number of carbonyl (C=O) groups is 3. The minimum atomic E-state index is -0.600. The molecule has 0 aromatic carbocycles. The molecular weight excluding hydrogens is 270 g/mol. The van der Waals surface area contributed by atoms with Gasteiger partial charge in [0.05, 0.1) is 0 Å². The zero-order valence-corrected chi connectivity index (χ0v) is 12.2. The van der Waals surface area contributed by atoms with Crippen molar-refractivity contribution in [1.29, 1.82) is 0 Å².